The van der Waals surface area contributed by atoms with Gasteiger partial charge in [-0.2, -0.15) is 10.4 Å². The minimum atomic E-state index is -0.430. The second-order valence-electron chi connectivity index (χ2n) is 6.44. The molecule has 0 saturated heterocycles. The van der Waals surface area contributed by atoms with Crippen LogP contribution in [0.3, 0.4) is 0 Å². The molecule has 0 fully saturated rings. The lowest BCUT2D eigenvalue weighted by molar-refractivity contribution is -0.384. The number of nitrogens with zero attached hydrogens (tertiary/aromatic N) is 5. The van der Waals surface area contributed by atoms with Crippen LogP contribution in [0.4, 0.5) is 11.5 Å². The number of anilines is 1. The zero-order chi connectivity index (χ0) is 19.7. The van der Waals surface area contributed by atoms with Crippen LogP contribution in [-0.2, 0) is 6.54 Å². The summed E-state index contributed by atoms with van der Waals surface area (Å²) in [5.41, 5.74) is 1.62. The van der Waals surface area contributed by atoms with Crippen molar-refractivity contribution >= 4 is 28.3 Å². The van der Waals surface area contributed by atoms with Gasteiger partial charge >= 0.3 is 0 Å². The first-order chi connectivity index (χ1) is 13.6. The van der Waals surface area contributed by atoms with Crippen LogP contribution in [0, 0.1) is 21.4 Å². The number of fused-ring (bicyclic) bond motifs is 3. The van der Waals surface area contributed by atoms with E-state index in [4.69, 9.17) is 5.26 Å². The van der Waals surface area contributed by atoms with E-state index in [1.54, 1.807) is 30.3 Å². The molecule has 4 rings (SSSR count). The number of rotatable bonds is 5. The van der Waals surface area contributed by atoms with E-state index in [1.165, 1.54) is 12.1 Å². The van der Waals surface area contributed by atoms with Gasteiger partial charge in [0, 0.05) is 42.7 Å². The molecule has 0 saturated carbocycles. The lowest BCUT2D eigenvalue weighted by atomic mass is 10.1. The summed E-state index contributed by atoms with van der Waals surface area (Å²) < 4.78 is 1.84. The monoisotopic (exact) mass is 376 g/mol. The van der Waals surface area contributed by atoms with Gasteiger partial charge < -0.3 is 10.2 Å². The first-order valence-corrected chi connectivity index (χ1v) is 8.75. The third kappa shape index (κ3) is 3.12. The molecule has 1 aromatic heterocycles. The number of nitriles is 1. The number of nitro benzene ring substituents is 1. The van der Waals surface area contributed by atoms with Crippen molar-refractivity contribution in [2.45, 2.75) is 6.54 Å². The van der Waals surface area contributed by atoms with E-state index in [0.29, 0.717) is 36.3 Å². The normalized spacial score (nSPS) is 12.6. The Bertz CT molecular complexity index is 1110. The summed E-state index contributed by atoms with van der Waals surface area (Å²) in [5.74, 6) is 0.718. The number of hydrogen-bond donors (Lipinski definition) is 1. The molecular weight excluding hydrogens is 360 g/mol. The van der Waals surface area contributed by atoms with Crippen LogP contribution in [0.25, 0.3) is 10.9 Å². The molecule has 2 aromatic carbocycles. The second-order valence-corrected chi connectivity index (χ2v) is 6.44. The van der Waals surface area contributed by atoms with Gasteiger partial charge in [-0.05, 0) is 30.3 Å². The van der Waals surface area contributed by atoms with E-state index in [9.17, 15) is 14.9 Å². The van der Waals surface area contributed by atoms with Crippen molar-refractivity contribution < 1.29 is 9.72 Å². The van der Waals surface area contributed by atoms with Crippen molar-refractivity contribution in [3.8, 4) is 6.07 Å². The standard InChI is InChI=1S/C19H16N6O3/c20-12-13-1-3-14(4-2-13)18(26)21-7-8-23-9-10-24-19(23)16-6-5-15(25(27)28)11-17(16)22-24/h1-6,11H,7-10H2,(H,21,26). The van der Waals surface area contributed by atoms with Crippen LogP contribution >= 0.6 is 0 Å². The Labute approximate surface area is 159 Å². The molecule has 0 spiro atoms. The number of nitro groups is 1. The molecule has 28 heavy (non-hydrogen) atoms. The van der Waals surface area contributed by atoms with Crippen LogP contribution in [-0.4, -0.2) is 40.2 Å². The van der Waals surface area contributed by atoms with E-state index in [2.05, 4.69) is 15.3 Å². The van der Waals surface area contributed by atoms with E-state index < -0.39 is 4.92 Å². The van der Waals surface area contributed by atoms with Crippen molar-refractivity contribution in [1.29, 1.82) is 5.26 Å². The highest BCUT2D eigenvalue weighted by Gasteiger charge is 2.24. The SMILES string of the molecule is N#Cc1ccc(C(=O)NCCN2CCn3nc4cc([N+](=O)[O-])ccc4c32)cc1. The molecule has 3 aromatic rings. The van der Waals surface area contributed by atoms with Gasteiger partial charge in [-0.25, -0.2) is 4.68 Å². The minimum absolute atomic E-state index is 0.0190. The molecule has 0 atom stereocenters. The van der Waals surface area contributed by atoms with Gasteiger partial charge in [0.2, 0.25) is 0 Å². The highest BCUT2D eigenvalue weighted by Crippen LogP contribution is 2.32. The fourth-order valence-corrected chi connectivity index (χ4v) is 3.35. The summed E-state index contributed by atoms with van der Waals surface area (Å²) in [5, 5.41) is 27.9. The number of hydrogen-bond acceptors (Lipinski definition) is 6. The van der Waals surface area contributed by atoms with Crippen LogP contribution in [0.15, 0.2) is 42.5 Å². The third-order valence-corrected chi connectivity index (χ3v) is 4.73. The average molecular weight is 376 g/mol. The third-order valence-electron chi connectivity index (χ3n) is 4.73. The van der Waals surface area contributed by atoms with Gasteiger partial charge in [0.25, 0.3) is 11.6 Å². The zero-order valence-electron chi connectivity index (χ0n) is 14.8. The Balaban J connectivity index is 1.43. The molecule has 2 heterocycles. The highest BCUT2D eigenvalue weighted by atomic mass is 16.6. The lowest BCUT2D eigenvalue weighted by Crippen LogP contribution is -2.34. The van der Waals surface area contributed by atoms with Crippen molar-refractivity contribution in [2.24, 2.45) is 0 Å². The number of nitrogens with one attached hydrogen (secondary N) is 1. The molecule has 1 N–H and O–H groups in total. The summed E-state index contributed by atoms with van der Waals surface area (Å²) in [7, 11) is 0. The van der Waals surface area contributed by atoms with Crippen LogP contribution in [0.5, 0.6) is 0 Å². The van der Waals surface area contributed by atoms with Gasteiger partial charge in [-0.15, -0.1) is 0 Å². The predicted octanol–water partition coefficient (Wildman–Crippen LogP) is 2.07. The molecule has 1 aliphatic heterocycles. The van der Waals surface area contributed by atoms with E-state index in [1.807, 2.05) is 10.8 Å². The summed E-state index contributed by atoms with van der Waals surface area (Å²) in [4.78, 5) is 24.9. The summed E-state index contributed by atoms with van der Waals surface area (Å²) in [6, 6.07) is 13.2. The molecular formula is C19H16N6O3. The molecule has 0 unspecified atom stereocenters. The number of non-ortho nitro benzene ring substituents is 1. The van der Waals surface area contributed by atoms with Gasteiger partial charge in [0.05, 0.1) is 23.1 Å². The van der Waals surface area contributed by atoms with Crippen LogP contribution in [0.2, 0.25) is 0 Å². The molecule has 0 aliphatic carbocycles. The number of carbonyl (C=O) groups excluding carboxylic acids is 1. The van der Waals surface area contributed by atoms with Gasteiger partial charge in [0.15, 0.2) is 0 Å². The predicted molar refractivity (Wildman–Crippen MR) is 102 cm³/mol. The number of carbonyl (C=O) groups is 1. The van der Waals surface area contributed by atoms with Gasteiger partial charge in [-0.3, -0.25) is 14.9 Å². The van der Waals surface area contributed by atoms with Crippen molar-refractivity contribution in [2.75, 3.05) is 24.5 Å². The smallest absolute Gasteiger partial charge is 0.271 e. The summed E-state index contributed by atoms with van der Waals surface area (Å²) >= 11 is 0. The zero-order valence-corrected chi connectivity index (χ0v) is 14.8. The Morgan fingerprint density at radius 1 is 1.25 bits per heavy atom. The maximum Gasteiger partial charge on any atom is 0.271 e. The van der Waals surface area contributed by atoms with E-state index in [0.717, 1.165) is 17.7 Å². The summed E-state index contributed by atoms with van der Waals surface area (Å²) in [6.07, 6.45) is 0. The van der Waals surface area contributed by atoms with Gasteiger partial charge in [0.1, 0.15) is 11.3 Å². The Morgan fingerprint density at radius 3 is 2.75 bits per heavy atom. The Kier molecular flexibility index (Phi) is 4.37. The quantitative estimate of drug-likeness (QED) is 0.538. The first-order valence-electron chi connectivity index (χ1n) is 8.75. The van der Waals surface area contributed by atoms with Crippen molar-refractivity contribution in [3.63, 3.8) is 0 Å². The molecule has 0 radical (unpaired) electrons. The molecule has 0 bridgehead atoms. The number of benzene rings is 2. The second kappa shape index (κ2) is 7.00. The Morgan fingerprint density at radius 2 is 2.04 bits per heavy atom. The topological polar surface area (TPSA) is 117 Å². The largest absolute Gasteiger partial charge is 0.353 e. The molecule has 9 heteroatoms. The van der Waals surface area contributed by atoms with Crippen molar-refractivity contribution in [1.82, 2.24) is 15.1 Å². The number of aromatic nitrogens is 2. The molecule has 9 nitrogen and oxygen atoms in total. The van der Waals surface area contributed by atoms with Gasteiger partial charge in [-0.1, -0.05) is 0 Å². The fourth-order valence-electron chi connectivity index (χ4n) is 3.35. The van der Waals surface area contributed by atoms with E-state index >= 15 is 0 Å². The van der Waals surface area contributed by atoms with Crippen LogP contribution < -0.4 is 10.2 Å². The van der Waals surface area contributed by atoms with Crippen LogP contribution in [0.1, 0.15) is 15.9 Å². The maximum absolute atomic E-state index is 12.2. The lowest BCUT2D eigenvalue weighted by Gasteiger charge is -2.18. The Hall–Kier alpha value is -3.93. The first kappa shape index (κ1) is 17.5. The number of amides is 1. The summed E-state index contributed by atoms with van der Waals surface area (Å²) in [6.45, 7) is 2.50. The maximum atomic E-state index is 12.2. The minimum Gasteiger partial charge on any atom is -0.353 e. The van der Waals surface area contributed by atoms with Crippen molar-refractivity contribution in [3.05, 3.63) is 63.7 Å². The molecule has 140 valence electrons. The molecule has 1 aliphatic rings. The fraction of sp³-hybridized carbons (Fsp3) is 0.211. The van der Waals surface area contributed by atoms with E-state index in [-0.39, 0.29) is 11.6 Å². The molecule has 1 amide bonds. The highest BCUT2D eigenvalue weighted by molar-refractivity contribution is 5.94. The average Bonchev–Trinajstić information content (AvgIpc) is 3.26.